The predicted molar refractivity (Wildman–Crippen MR) is 75.2 cm³/mol. The summed E-state index contributed by atoms with van der Waals surface area (Å²) in [7, 11) is -3.25. The summed E-state index contributed by atoms with van der Waals surface area (Å²) in [6.45, 7) is 2.51. The van der Waals surface area contributed by atoms with Gasteiger partial charge in [-0.3, -0.25) is 4.79 Å². The summed E-state index contributed by atoms with van der Waals surface area (Å²) < 4.78 is 23.4. The smallest absolute Gasteiger partial charge is 0.240 e. The highest BCUT2D eigenvalue weighted by molar-refractivity contribution is 8.00. The van der Waals surface area contributed by atoms with Crippen LogP contribution in [0.25, 0.3) is 0 Å². The van der Waals surface area contributed by atoms with E-state index in [2.05, 4.69) is 0 Å². The van der Waals surface area contributed by atoms with E-state index >= 15 is 0 Å². The molecule has 7 heteroatoms. The van der Waals surface area contributed by atoms with Crippen LogP contribution in [0.5, 0.6) is 0 Å². The molecule has 1 rings (SSSR count). The van der Waals surface area contributed by atoms with E-state index in [0.717, 1.165) is 18.6 Å². The van der Waals surface area contributed by atoms with Gasteiger partial charge in [0.15, 0.2) is 9.84 Å². The van der Waals surface area contributed by atoms with Crippen molar-refractivity contribution in [1.29, 1.82) is 0 Å². The lowest BCUT2D eigenvalue weighted by atomic mass is 10.1. The van der Waals surface area contributed by atoms with Crippen LogP contribution in [-0.2, 0) is 14.6 Å². The first-order valence-electron chi connectivity index (χ1n) is 6.20. The number of sulfone groups is 1. The van der Waals surface area contributed by atoms with Gasteiger partial charge < -0.3 is 10.6 Å². The quantitative estimate of drug-likeness (QED) is 0.796. The van der Waals surface area contributed by atoms with Gasteiger partial charge in [-0.2, -0.15) is 11.8 Å². The number of nitrogens with zero attached hydrogens (tertiary/aromatic N) is 1. The molecule has 0 aliphatic carbocycles. The minimum atomic E-state index is -3.25. The molecular weight excluding hydrogens is 272 g/mol. The molecule has 0 aromatic carbocycles. The van der Waals surface area contributed by atoms with Gasteiger partial charge in [-0.05, 0) is 6.42 Å². The van der Waals surface area contributed by atoms with Crippen molar-refractivity contribution >= 4 is 27.5 Å². The molecule has 2 atom stereocenters. The van der Waals surface area contributed by atoms with Crippen LogP contribution < -0.4 is 5.73 Å². The SMILES string of the molecule is CCCCC(N)C(=O)N1CCSCC1S(C)(=O)=O. The molecule has 1 fully saturated rings. The Morgan fingerprint density at radius 2 is 2.22 bits per heavy atom. The van der Waals surface area contributed by atoms with Crippen LogP contribution in [0.3, 0.4) is 0 Å². The van der Waals surface area contributed by atoms with Gasteiger partial charge in [0.25, 0.3) is 0 Å². The lowest BCUT2D eigenvalue weighted by molar-refractivity contribution is -0.133. The van der Waals surface area contributed by atoms with Crippen molar-refractivity contribution in [2.45, 2.75) is 37.6 Å². The third-order valence-electron chi connectivity index (χ3n) is 3.05. The molecule has 0 radical (unpaired) electrons. The van der Waals surface area contributed by atoms with Gasteiger partial charge in [0, 0.05) is 24.3 Å². The van der Waals surface area contributed by atoms with E-state index in [1.165, 1.54) is 11.2 Å². The molecule has 0 aromatic rings. The number of unbranched alkanes of at least 4 members (excludes halogenated alkanes) is 1. The molecule has 0 saturated carbocycles. The van der Waals surface area contributed by atoms with E-state index in [1.807, 2.05) is 6.92 Å². The fourth-order valence-corrected chi connectivity index (χ4v) is 4.77. The van der Waals surface area contributed by atoms with Crippen molar-refractivity contribution < 1.29 is 13.2 Å². The van der Waals surface area contributed by atoms with Gasteiger partial charge in [0.2, 0.25) is 5.91 Å². The highest BCUT2D eigenvalue weighted by Crippen LogP contribution is 2.21. The van der Waals surface area contributed by atoms with Crippen LogP contribution in [0.4, 0.5) is 0 Å². The summed E-state index contributed by atoms with van der Waals surface area (Å²) in [6.07, 6.45) is 3.67. The van der Waals surface area contributed by atoms with E-state index in [4.69, 9.17) is 5.73 Å². The molecule has 0 bridgehead atoms. The van der Waals surface area contributed by atoms with Gasteiger partial charge in [0.1, 0.15) is 5.37 Å². The van der Waals surface area contributed by atoms with Crippen molar-refractivity contribution in [1.82, 2.24) is 4.90 Å². The Morgan fingerprint density at radius 1 is 1.56 bits per heavy atom. The van der Waals surface area contributed by atoms with E-state index in [1.54, 1.807) is 11.8 Å². The molecule has 2 unspecified atom stereocenters. The second-order valence-electron chi connectivity index (χ2n) is 4.64. The summed E-state index contributed by atoms with van der Waals surface area (Å²) in [5, 5.41) is -0.712. The molecule has 1 amide bonds. The minimum Gasteiger partial charge on any atom is -0.323 e. The predicted octanol–water partition coefficient (Wildman–Crippen LogP) is 0.450. The van der Waals surface area contributed by atoms with Crippen LogP contribution in [0.15, 0.2) is 0 Å². The lowest BCUT2D eigenvalue weighted by Crippen LogP contribution is -2.54. The van der Waals surface area contributed by atoms with Crippen LogP contribution >= 0.6 is 11.8 Å². The standard InChI is InChI=1S/C11H22N2O3S2/c1-3-4-5-9(12)11(14)13-6-7-17-8-10(13)18(2,15)16/h9-10H,3-8,12H2,1-2H3. The number of carbonyl (C=O) groups is 1. The van der Waals surface area contributed by atoms with E-state index < -0.39 is 21.3 Å². The maximum absolute atomic E-state index is 12.2. The highest BCUT2D eigenvalue weighted by Gasteiger charge is 2.35. The van der Waals surface area contributed by atoms with Crippen LogP contribution in [0.1, 0.15) is 26.2 Å². The molecule has 2 N–H and O–H groups in total. The van der Waals surface area contributed by atoms with Gasteiger partial charge in [-0.25, -0.2) is 8.42 Å². The first-order valence-corrected chi connectivity index (χ1v) is 9.31. The zero-order valence-corrected chi connectivity index (χ0v) is 12.6. The maximum atomic E-state index is 12.2. The average molecular weight is 294 g/mol. The number of nitrogens with two attached hydrogens (primary N) is 1. The van der Waals surface area contributed by atoms with Crippen LogP contribution in [0, 0.1) is 0 Å². The first-order chi connectivity index (χ1) is 8.38. The topological polar surface area (TPSA) is 80.5 Å². The molecule has 18 heavy (non-hydrogen) atoms. The fourth-order valence-electron chi connectivity index (χ4n) is 1.95. The number of thioether (sulfide) groups is 1. The fraction of sp³-hybridized carbons (Fsp3) is 0.909. The lowest BCUT2D eigenvalue weighted by Gasteiger charge is -2.35. The van der Waals surface area contributed by atoms with E-state index in [9.17, 15) is 13.2 Å². The maximum Gasteiger partial charge on any atom is 0.240 e. The molecular formula is C11H22N2O3S2. The number of rotatable bonds is 5. The zero-order chi connectivity index (χ0) is 13.8. The zero-order valence-electron chi connectivity index (χ0n) is 11.0. The van der Waals surface area contributed by atoms with E-state index in [0.29, 0.717) is 18.7 Å². The summed E-state index contributed by atoms with van der Waals surface area (Å²) >= 11 is 1.57. The third-order valence-corrected chi connectivity index (χ3v) is 5.69. The van der Waals surface area contributed by atoms with Crippen LogP contribution in [-0.4, -0.2) is 54.9 Å². The molecule has 106 valence electrons. The van der Waals surface area contributed by atoms with Gasteiger partial charge in [0.05, 0.1) is 6.04 Å². The monoisotopic (exact) mass is 294 g/mol. The molecule has 0 aromatic heterocycles. The summed E-state index contributed by atoms with van der Waals surface area (Å²) in [4.78, 5) is 13.6. The number of hydrogen-bond donors (Lipinski definition) is 1. The van der Waals surface area contributed by atoms with Crippen molar-refractivity contribution in [2.75, 3.05) is 24.3 Å². The van der Waals surface area contributed by atoms with Gasteiger partial charge >= 0.3 is 0 Å². The normalized spacial score (nSPS) is 22.8. The number of hydrogen-bond acceptors (Lipinski definition) is 5. The van der Waals surface area contributed by atoms with Crippen LogP contribution in [0.2, 0.25) is 0 Å². The number of carbonyl (C=O) groups excluding carboxylic acids is 1. The highest BCUT2D eigenvalue weighted by atomic mass is 32.2. The van der Waals surface area contributed by atoms with Crippen molar-refractivity contribution in [2.24, 2.45) is 5.73 Å². The number of amides is 1. The Bertz CT molecular complexity index is 384. The molecule has 1 heterocycles. The molecule has 1 aliphatic rings. The Morgan fingerprint density at radius 3 is 2.78 bits per heavy atom. The molecule has 1 aliphatic heterocycles. The molecule has 5 nitrogen and oxygen atoms in total. The third kappa shape index (κ3) is 4.13. The van der Waals surface area contributed by atoms with Gasteiger partial charge in [-0.15, -0.1) is 0 Å². The summed E-state index contributed by atoms with van der Waals surface area (Å²) in [6, 6.07) is -0.572. The second-order valence-corrected chi connectivity index (χ2v) is 7.99. The van der Waals surface area contributed by atoms with Crippen molar-refractivity contribution in [3.05, 3.63) is 0 Å². The second kappa shape index (κ2) is 6.77. The Labute approximate surface area is 113 Å². The Hall–Kier alpha value is -0.270. The van der Waals surface area contributed by atoms with Crippen molar-refractivity contribution in [3.8, 4) is 0 Å². The van der Waals surface area contributed by atoms with Crippen molar-refractivity contribution in [3.63, 3.8) is 0 Å². The van der Waals surface area contributed by atoms with Gasteiger partial charge in [-0.1, -0.05) is 19.8 Å². The summed E-state index contributed by atoms with van der Waals surface area (Å²) in [5.74, 6) is 1.00. The van der Waals surface area contributed by atoms with E-state index in [-0.39, 0.29) is 5.91 Å². The summed E-state index contributed by atoms with van der Waals surface area (Å²) in [5.41, 5.74) is 5.85. The largest absolute Gasteiger partial charge is 0.323 e. The average Bonchev–Trinajstić information content (AvgIpc) is 2.34. The first kappa shape index (κ1) is 15.8. The minimum absolute atomic E-state index is 0.223. The molecule has 0 spiro atoms. The Kier molecular flexibility index (Phi) is 5.94. The molecule has 1 saturated heterocycles. The Balaban J connectivity index is 2.74.